The van der Waals surface area contributed by atoms with Crippen molar-refractivity contribution in [2.24, 2.45) is 0 Å². The lowest BCUT2D eigenvalue weighted by Crippen LogP contribution is -2.34. The molecule has 1 aromatic carbocycles. The zero-order valence-electron chi connectivity index (χ0n) is 19.2. The molecular weight excluding hydrogens is 356 g/mol. The molecule has 0 aliphatic carbocycles. The quantitative estimate of drug-likeness (QED) is 0.459. The fourth-order valence-corrected chi connectivity index (χ4v) is 3.98. The van der Waals surface area contributed by atoms with E-state index in [9.17, 15) is 0 Å². The molecule has 29 heavy (non-hydrogen) atoms. The summed E-state index contributed by atoms with van der Waals surface area (Å²) in [7, 11) is 0. The number of rotatable bonds is 6. The Labute approximate surface area is 177 Å². The molecule has 2 atom stereocenters. The van der Waals surface area contributed by atoms with Crippen molar-refractivity contribution in [1.82, 2.24) is 0 Å². The van der Waals surface area contributed by atoms with E-state index in [0.717, 1.165) is 42.7 Å². The van der Waals surface area contributed by atoms with Gasteiger partial charge in [0, 0.05) is 5.56 Å². The Hall–Kier alpha value is -2.22. The maximum Gasteiger partial charge on any atom is 0.139 e. The molecule has 3 rings (SSSR count). The molecular formula is C27H36O2. The second-order valence-electron chi connectivity index (χ2n) is 9.48. The first-order valence-electron chi connectivity index (χ1n) is 10.8. The van der Waals surface area contributed by atoms with Gasteiger partial charge >= 0.3 is 0 Å². The second-order valence-corrected chi connectivity index (χ2v) is 9.48. The lowest BCUT2D eigenvalue weighted by molar-refractivity contribution is 0.116. The Morgan fingerprint density at radius 1 is 0.828 bits per heavy atom. The fraction of sp³-hybridized carbons (Fsp3) is 0.481. The first-order chi connectivity index (χ1) is 13.6. The number of ether oxygens (including phenoxy) is 2. The van der Waals surface area contributed by atoms with E-state index in [0.29, 0.717) is 0 Å². The Morgan fingerprint density at radius 3 is 1.90 bits per heavy atom. The average molecular weight is 393 g/mol. The topological polar surface area (TPSA) is 18.5 Å². The van der Waals surface area contributed by atoms with Crippen molar-refractivity contribution in [3.8, 4) is 11.5 Å². The van der Waals surface area contributed by atoms with Crippen LogP contribution in [0, 0.1) is 6.92 Å². The maximum absolute atomic E-state index is 6.60. The van der Waals surface area contributed by atoms with E-state index in [1.165, 1.54) is 22.3 Å². The highest BCUT2D eigenvalue weighted by molar-refractivity contribution is 5.77. The van der Waals surface area contributed by atoms with Crippen molar-refractivity contribution in [3.63, 3.8) is 0 Å². The predicted molar refractivity (Wildman–Crippen MR) is 125 cm³/mol. The summed E-state index contributed by atoms with van der Waals surface area (Å²) in [6.07, 6.45) is 17.4. The summed E-state index contributed by atoms with van der Waals surface area (Å²) in [5, 5.41) is 0. The third-order valence-electron chi connectivity index (χ3n) is 5.80. The summed E-state index contributed by atoms with van der Waals surface area (Å²) in [5.41, 5.74) is 5.57. The van der Waals surface area contributed by atoms with Gasteiger partial charge in [0.2, 0.25) is 0 Å². The van der Waals surface area contributed by atoms with Gasteiger partial charge in [0.15, 0.2) is 0 Å². The fourth-order valence-electron chi connectivity index (χ4n) is 3.98. The summed E-state index contributed by atoms with van der Waals surface area (Å²) in [5.74, 6) is 1.90. The Balaban J connectivity index is 1.87. The van der Waals surface area contributed by atoms with E-state index in [2.05, 4.69) is 91.0 Å². The molecule has 0 radical (unpaired) electrons. The van der Waals surface area contributed by atoms with Crippen LogP contribution in [0.5, 0.6) is 11.5 Å². The Bertz CT molecular complexity index is 892. The molecule has 0 spiro atoms. The minimum Gasteiger partial charge on any atom is -0.483 e. The maximum atomic E-state index is 6.60. The van der Waals surface area contributed by atoms with Gasteiger partial charge in [-0.1, -0.05) is 29.4 Å². The molecule has 156 valence electrons. The predicted octanol–water partition coefficient (Wildman–Crippen LogP) is 7.82. The van der Waals surface area contributed by atoms with Crippen LogP contribution in [-0.4, -0.2) is 11.2 Å². The van der Waals surface area contributed by atoms with Gasteiger partial charge in [-0.05, 0) is 104 Å². The van der Waals surface area contributed by atoms with Crippen LogP contribution in [0.2, 0.25) is 0 Å². The average Bonchev–Trinajstić information content (AvgIpc) is 2.60. The van der Waals surface area contributed by atoms with Crippen LogP contribution < -0.4 is 9.47 Å². The number of aryl methyl sites for hydroxylation is 1. The third kappa shape index (κ3) is 5.04. The van der Waals surface area contributed by atoms with Gasteiger partial charge < -0.3 is 9.47 Å². The van der Waals surface area contributed by atoms with Crippen LogP contribution in [-0.2, 0) is 0 Å². The van der Waals surface area contributed by atoms with Crippen molar-refractivity contribution in [1.29, 1.82) is 0 Å². The standard InChI is InChI=1S/C27H36O2/c1-19(2)10-8-14-26(6)17-13-23-24(28-26)18-21(5)22-12-16-27(7,29-25(22)23)15-9-11-20(3)4/h10-13,16-18H,8-9,14-15H2,1-7H3. The summed E-state index contributed by atoms with van der Waals surface area (Å²) >= 11 is 0. The van der Waals surface area contributed by atoms with Crippen LogP contribution in [0.15, 0.2) is 41.5 Å². The summed E-state index contributed by atoms with van der Waals surface area (Å²) in [6, 6.07) is 2.16. The number of allylic oxidation sites excluding steroid dienone is 4. The number of fused-ring (bicyclic) bond motifs is 3. The van der Waals surface area contributed by atoms with Gasteiger partial charge in [-0.15, -0.1) is 0 Å². The number of hydrogen-bond donors (Lipinski definition) is 0. The monoisotopic (exact) mass is 392 g/mol. The SMILES string of the molecule is CC(C)=CCCC1(C)C=Cc2c(cc(C)c3c2OC(C)(CCC=C(C)C)C=C3)O1. The molecule has 1 aromatic rings. The van der Waals surface area contributed by atoms with Crippen LogP contribution >= 0.6 is 0 Å². The van der Waals surface area contributed by atoms with Crippen molar-refractivity contribution in [3.05, 3.63) is 58.2 Å². The molecule has 2 unspecified atom stereocenters. The minimum absolute atomic E-state index is 0.281. The molecule has 2 heteroatoms. The van der Waals surface area contributed by atoms with Gasteiger partial charge in [-0.3, -0.25) is 0 Å². The van der Waals surface area contributed by atoms with Gasteiger partial charge in [0.25, 0.3) is 0 Å². The molecule has 0 saturated carbocycles. The van der Waals surface area contributed by atoms with Gasteiger partial charge in [-0.2, -0.15) is 0 Å². The van der Waals surface area contributed by atoms with E-state index in [-0.39, 0.29) is 11.2 Å². The molecule has 2 nitrogen and oxygen atoms in total. The van der Waals surface area contributed by atoms with Gasteiger partial charge in [0.1, 0.15) is 22.7 Å². The smallest absolute Gasteiger partial charge is 0.139 e. The number of hydrogen-bond acceptors (Lipinski definition) is 2. The van der Waals surface area contributed by atoms with Crippen LogP contribution in [0.3, 0.4) is 0 Å². The van der Waals surface area contributed by atoms with Gasteiger partial charge in [0.05, 0.1) is 5.56 Å². The molecule has 0 saturated heterocycles. The highest BCUT2D eigenvalue weighted by Gasteiger charge is 2.33. The lowest BCUT2D eigenvalue weighted by atomic mass is 9.89. The van der Waals surface area contributed by atoms with Crippen LogP contribution in [0.1, 0.15) is 83.9 Å². The third-order valence-corrected chi connectivity index (χ3v) is 5.80. The molecule has 0 amide bonds. The largest absolute Gasteiger partial charge is 0.483 e. The number of benzene rings is 1. The molecule has 0 N–H and O–H groups in total. The summed E-state index contributed by atoms with van der Waals surface area (Å²) < 4.78 is 13.1. The Morgan fingerprint density at radius 2 is 1.34 bits per heavy atom. The van der Waals surface area contributed by atoms with Crippen molar-refractivity contribution in [2.45, 2.75) is 85.4 Å². The molecule has 0 bridgehead atoms. The zero-order chi connectivity index (χ0) is 21.2. The summed E-state index contributed by atoms with van der Waals surface area (Å²) in [6.45, 7) is 15.1. The normalized spacial score (nSPS) is 24.1. The van der Waals surface area contributed by atoms with E-state index in [1.807, 2.05) is 0 Å². The van der Waals surface area contributed by atoms with E-state index < -0.39 is 0 Å². The van der Waals surface area contributed by atoms with Crippen LogP contribution in [0.25, 0.3) is 12.2 Å². The highest BCUT2D eigenvalue weighted by atomic mass is 16.5. The minimum atomic E-state index is -0.293. The first-order valence-corrected chi connectivity index (χ1v) is 10.8. The molecule has 2 heterocycles. The highest BCUT2D eigenvalue weighted by Crippen LogP contribution is 2.46. The van der Waals surface area contributed by atoms with Gasteiger partial charge in [-0.25, -0.2) is 0 Å². The zero-order valence-corrected chi connectivity index (χ0v) is 19.2. The van der Waals surface area contributed by atoms with Crippen molar-refractivity contribution in [2.75, 3.05) is 0 Å². The molecule has 0 fully saturated rings. The van der Waals surface area contributed by atoms with Crippen molar-refractivity contribution >= 4 is 12.2 Å². The lowest BCUT2D eigenvalue weighted by Gasteiger charge is -2.37. The van der Waals surface area contributed by atoms with Crippen LogP contribution in [0.4, 0.5) is 0 Å². The summed E-state index contributed by atoms with van der Waals surface area (Å²) in [4.78, 5) is 0. The Kier molecular flexibility index (Phi) is 6.12. The molecule has 2 aliphatic heterocycles. The first kappa shape index (κ1) is 21.5. The molecule has 2 aliphatic rings. The second kappa shape index (κ2) is 8.26. The van der Waals surface area contributed by atoms with E-state index >= 15 is 0 Å². The van der Waals surface area contributed by atoms with E-state index in [4.69, 9.17) is 9.47 Å². The van der Waals surface area contributed by atoms with Crippen molar-refractivity contribution < 1.29 is 9.47 Å². The molecule has 0 aromatic heterocycles. The van der Waals surface area contributed by atoms with E-state index in [1.54, 1.807) is 0 Å².